The van der Waals surface area contributed by atoms with E-state index in [1.807, 2.05) is 6.07 Å². The molecule has 0 amide bonds. The van der Waals surface area contributed by atoms with Gasteiger partial charge in [-0.2, -0.15) is 5.26 Å². The number of benzene rings is 1. The van der Waals surface area contributed by atoms with E-state index in [0.29, 0.717) is 16.9 Å². The van der Waals surface area contributed by atoms with E-state index >= 15 is 0 Å². The van der Waals surface area contributed by atoms with Crippen LogP contribution in [0.5, 0.6) is 5.75 Å². The van der Waals surface area contributed by atoms with Crippen molar-refractivity contribution >= 4 is 5.97 Å². The molecule has 15 heavy (non-hydrogen) atoms. The lowest BCUT2D eigenvalue weighted by Crippen LogP contribution is -2.38. The van der Waals surface area contributed by atoms with Crippen LogP contribution in [0.2, 0.25) is 0 Å². The summed E-state index contributed by atoms with van der Waals surface area (Å²) in [5.74, 6) is -0.952. The molecule has 1 heterocycles. The van der Waals surface area contributed by atoms with Crippen LogP contribution in [0, 0.1) is 11.3 Å². The minimum absolute atomic E-state index is 0.299. The molecule has 0 aliphatic carbocycles. The van der Waals surface area contributed by atoms with Gasteiger partial charge in [-0.05, 0) is 18.2 Å². The van der Waals surface area contributed by atoms with E-state index in [4.69, 9.17) is 14.7 Å². The fraction of sp³-hybridized carbons (Fsp3) is 0.273. The van der Waals surface area contributed by atoms with Gasteiger partial charge in [0.05, 0.1) is 11.6 Å². The van der Waals surface area contributed by atoms with Crippen LogP contribution < -0.4 is 4.74 Å². The van der Waals surface area contributed by atoms with Gasteiger partial charge in [0.2, 0.25) is 5.79 Å². The topological polar surface area (TPSA) is 59.3 Å². The zero-order chi connectivity index (χ0) is 11.1. The van der Waals surface area contributed by atoms with Crippen LogP contribution in [0.1, 0.15) is 29.8 Å². The first-order chi connectivity index (χ1) is 7.02. The van der Waals surface area contributed by atoms with Crippen molar-refractivity contribution in [1.82, 2.24) is 0 Å². The molecule has 76 valence electrons. The molecule has 0 atom stereocenters. The fourth-order valence-electron chi connectivity index (χ4n) is 1.41. The molecule has 0 saturated carbocycles. The lowest BCUT2D eigenvalue weighted by Gasteiger charge is -2.31. The number of carbonyl (C=O) groups is 1. The average Bonchev–Trinajstić information content (AvgIpc) is 2.15. The van der Waals surface area contributed by atoms with Gasteiger partial charge in [0.15, 0.2) is 0 Å². The van der Waals surface area contributed by atoms with Gasteiger partial charge in [-0.15, -0.1) is 0 Å². The molecule has 0 fully saturated rings. The molecule has 1 aromatic carbocycles. The molecule has 1 aliphatic rings. The fourth-order valence-corrected chi connectivity index (χ4v) is 1.41. The van der Waals surface area contributed by atoms with E-state index in [1.165, 1.54) is 6.07 Å². The van der Waals surface area contributed by atoms with Crippen LogP contribution in [0.15, 0.2) is 18.2 Å². The third-order valence-electron chi connectivity index (χ3n) is 2.02. The Labute approximate surface area is 87.0 Å². The highest BCUT2D eigenvalue weighted by Gasteiger charge is 2.33. The highest BCUT2D eigenvalue weighted by atomic mass is 16.7. The second kappa shape index (κ2) is 2.99. The number of nitriles is 1. The smallest absolute Gasteiger partial charge is 0.345 e. The molecule has 0 unspecified atom stereocenters. The Morgan fingerprint density at radius 1 is 1.33 bits per heavy atom. The van der Waals surface area contributed by atoms with Crippen LogP contribution in [0.25, 0.3) is 0 Å². The number of cyclic esters (lactones) is 1. The first kappa shape index (κ1) is 9.53. The SMILES string of the molecule is CC1(C)OC(=O)c2cc(C#N)ccc2O1. The van der Waals surface area contributed by atoms with Gasteiger partial charge in [-0.3, -0.25) is 0 Å². The summed E-state index contributed by atoms with van der Waals surface area (Å²) >= 11 is 0. The molecule has 0 radical (unpaired) electrons. The summed E-state index contributed by atoms with van der Waals surface area (Å²) < 4.78 is 10.5. The molecule has 2 rings (SSSR count). The number of hydrogen-bond acceptors (Lipinski definition) is 4. The van der Waals surface area contributed by atoms with Crippen LogP contribution in [0.3, 0.4) is 0 Å². The summed E-state index contributed by atoms with van der Waals surface area (Å²) in [5.41, 5.74) is 0.711. The standard InChI is InChI=1S/C11H9NO3/c1-11(2)14-9-4-3-7(6-12)5-8(9)10(13)15-11/h3-5H,1-2H3. The normalized spacial score (nSPS) is 17.0. The third-order valence-corrected chi connectivity index (χ3v) is 2.02. The Hall–Kier alpha value is -2.02. The average molecular weight is 203 g/mol. The molecule has 4 nitrogen and oxygen atoms in total. The summed E-state index contributed by atoms with van der Waals surface area (Å²) in [5, 5.41) is 8.69. The van der Waals surface area contributed by atoms with Crippen molar-refractivity contribution in [3.8, 4) is 11.8 Å². The van der Waals surface area contributed by atoms with Gasteiger partial charge in [0.1, 0.15) is 11.3 Å². The van der Waals surface area contributed by atoms with E-state index in [9.17, 15) is 4.79 Å². The van der Waals surface area contributed by atoms with E-state index in [2.05, 4.69) is 0 Å². The van der Waals surface area contributed by atoms with Gasteiger partial charge in [-0.1, -0.05) is 0 Å². The Morgan fingerprint density at radius 2 is 2.07 bits per heavy atom. The van der Waals surface area contributed by atoms with Crippen molar-refractivity contribution in [3.05, 3.63) is 29.3 Å². The van der Waals surface area contributed by atoms with Gasteiger partial charge < -0.3 is 9.47 Å². The number of fused-ring (bicyclic) bond motifs is 1. The number of rotatable bonds is 0. The molecular weight excluding hydrogens is 194 g/mol. The van der Waals surface area contributed by atoms with Crippen molar-refractivity contribution in [2.45, 2.75) is 19.6 Å². The summed E-state index contributed by atoms with van der Waals surface area (Å²) in [4.78, 5) is 11.6. The third kappa shape index (κ3) is 1.64. The highest BCUT2D eigenvalue weighted by Crippen LogP contribution is 2.31. The van der Waals surface area contributed by atoms with Crippen molar-refractivity contribution < 1.29 is 14.3 Å². The molecule has 1 aliphatic heterocycles. The lowest BCUT2D eigenvalue weighted by atomic mass is 10.1. The van der Waals surface area contributed by atoms with Gasteiger partial charge in [0, 0.05) is 13.8 Å². The number of hydrogen-bond donors (Lipinski definition) is 0. The second-order valence-electron chi connectivity index (χ2n) is 3.71. The summed E-state index contributed by atoms with van der Waals surface area (Å²) in [6.07, 6.45) is 0. The number of carbonyl (C=O) groups excluding carboxylic acids is 1. The zero-order valence-electron chi connectivity index (χ0n) is 8.40. The van der Waals surface area contributed by atoms with Crippen LogP contribution in [0.4, 0.5) is 0 Å². The Kier molecular flexibility index (Phi) is 1.90. The minimum atomic E-state index is -0.946. The first-order valence-electron chi connectivity index (χ1n) is 4.48. The van der Waals surface area contributed by atoms with E-state index in [-0.39, 0.29) is 0 Å². The molecule has 0 spiro atoms. The quantitative estimate of drug-likeness (QED) is 0.603. The van der Waals surface area contributed by atoms with Crippen LogP contribution >= 0.6 is 0 Å². The van der Waals surface area contributed by atoms with E-state index in [1.54, 1.807) is 26.0 Å². The second-order valence-corrected chi connectivity index (χ2v) is 3.71. The summed E-state index contributed by atoms with van der Waals surface area (Å²) in [6, 6.07) is 6.63. The van der Waals surface area contributed by atoms with Crippen LogP contribution in [-0.2, 0) is 4.74 Å². The van der Waals surface area contributed by atoms with Crippen molar-refractivity contribution in [2.24, 2.45) is 0 Å². The number of ether oxygens (including phenoxy) is 2. The van der Waals surface area contributed by atoms with Crippen molar-refractivity contribution in [2.75, 3.05) is 0 Å². The van der Waals surface area contributed by atoms with Crippen LogP contribution in [-0.4, -0.2) is 11.8 Å². The summed E-state index contributed by atoms with van der Waals surface area (Å²) in [6.45, 7) is 3.32. The molecule has 4 heteroatoms. The molecule has 0 bridgehead atoms. The molecular formula is C11H9NO3. The van der Waals surface area contributed by atoms with Crippen molar-refractivity contribution in [3.63, 3.8) is 0 Å². The Bertz CT molecular complexity index is 471. The maximum absolute atomic E-state index is 11.6. The van der Waals surface area contributed by atoms with E-state index < -0.39 is 11.8 Å². The largest absolute Gasteiger partial charge is 0.452 e. The van der Waals surface area contributed by atoms with Gasteiger partial charge >= 0.3 is 5.97 Å². The zero-order valence-corrected chi connectivity index (χ0v) is 8.40. The predicted octanol–water partition coefficient (Wildman–Crippen LogP) is 1.84. The van der Waals surface area contributed by atoms with E-state index in [0.717, 1.165) is 0 Å². The lowest BCUT2D eigenvalue weighted by molar-refractivity contribution is -0.127. The van der Waals surface area contributed by atoms with Crippen molar-refractivity contribution in [1.29, 1.82) is 5.26 Å². The number of nitrogens with zero attached hydrogens (tertiary/aromatic N) is 1. The number of esters is 1. The molecule has 0 aromatic heterocycles. The first-order valence-corrected chi connectivity index (χ1v) is 4.48. The molecule has 1 aromatic rings. The highest BCUT2D eigenvalue weighted by molar-refractivity contribution is 5.94. The monoisotopic (exact) mass is 203 g/mol. The predicted molar refractivity (Wildman–Crippen MR) is 51.3 cm³/mol. The maximum Gasteiger partial charge on any atom is 0.345 e. The molecule has 0 saturated heterocycles. The Morgan fingerprint density at radius 3 is 2.73 bits per heavy atom. The minimum Gasteiger partial charge on any atom is -0.452 e. The van der Waals surface area contributed by atoms with Gasteiger partial charge in [-0.25, -0.2) is 4.79 Å². The maximum atomic E-state index is 11.6. The Balaban J connectivity index is 2.52. The molecule has 0 N–H and O–H groups in total. The van der Waals surface area contributed by atoms with Gasteiger partial charge in [0.25, 0.3) is 0 Å². The summed E-state index contributed by atoms with van der Waals surface area (Å²) in [7, 11) is 0.